The highest BCUT2D eigenvalue weighted by Gasteiger charge is 2.44. The maximum Gasteiger partial charge on any atom is 0.435 e. The monoisotopic (exact) mass is 610 g/mol. The van der Waals surface area contributed by atoms with E-state index in [2.05, 4.69) is 15.3 Å². The van der Waals surface area contributed by atoms with Crippen LogP contribution >= 0.6 is 0 Å². The summed E-state index contributed by atoms with van der Waals surface area (Å²) in [6.45, 7) is 2.65. The second kappa shape index (κ2) is 11.3. The molecule has 0 spiro atoms. The molecule has 2 aromatic carbocycles. The number of fused-ring (bicyclic) bond motifs is 4. The van der Waals surface area contributed by atoms with Crippen LogP contribution in [0, 0.1) is 5.92 Å². The number of nitrogens with one attached hydrogen (secondary N) is 1. The van der Waals surface area contributed by atoms with E-state index in [0.29, 0.717) is 29.5 Å². The molecule has 4 aliphatic heterocycles. The number of aromatic nitrogens is 2. The lowest BCUT2D eigenvalue weighted by Gasteiger charge is -2.45. The summed E-state index contributed by atoms with van der Waals surface area (Å²) in [5.41, 5.74) is -0.726. The topological polar surface area (TPSA) is 100 Å². The SMILES string of the molecule is COc1ccc(-n2nc(C(F)(F)F)c3c2C(=O)N(c2ccc(C(=O)N(C)C)cc2)CC3)c(C(=O)NC2CN3CCC2CC3)c1. The number of piperidine rings is 3. The maximum atomic E-state index is 14.3. The van der Waals surface area contributed by atoms with Crippen molar-refractivity contribution in [3.8, 4) is 11.4 Å². The third-order valence-corrected chi connectivity index (χ3v) is 8.77. The van der Waals surface area contributed by atoms with Crippen LogP contribution in [0.5, 0.6) is 5.75 Å². The van der Waals surface area contributed by atoms with Crippen LogP contribution < -0.4 is 15.0 Å². The molecule has 5 heterocycles. The molecule has 3 aromatic rings. The minimum atomic E-state index is -4.82. The highest BCUT2D eigenvalue weighted by atomic mass is 19.4. The van der Waals surface area contributed by atoms with Gasteiger partial charge in [0.15, 0.2) is 5.69 Å². The molecule has 3 amide bonds. The molecule has 3 saturated heterocycles. The standard InChI is InChI=1S/C31H33F3N6O4/c1-37(2)29(42)19-4-6-20(7-5-19)39-15-12-22-26(30(39)43)40(36-27(22)31(32,33)34)25-9-8-21(44-3)16-23(25)28(41)35-24-17-38-13-10-18(24)11-14-38/h4-9,16,18,24H,10-15,17H2,1-3H3,(H,35,41). The van der Waals surface area contributed by atoms with Gasteiger partial charge in [0.2, 0.25) is 0 Å². The number of halogens is 3. The molecular weight excluding hydrogens is 577 g/mol. The number of rotatable bonds is 6. The summed E-state index contributed by atoms with van der Waals surface area (Å²) in [4.78, 5) is 45.1. The van der Waals surface area contributed by atoms with Crippen molar-refractivity contribution in [2.75, 3.05) is 52.3 Å². The fourth-order valence-electron chi connectivity index (χ4n) is 6.43. The van der Waals surface area contributed by atoms with E-state index in [-0.39, 0.29) is 47.4 Å². The van der Waals surface area contributed by atoms with Crippen LogP contribution in [0.4, 0.5) is 18.9 Å². The zero-order valence-corrected chi connectivity index (χ0v) is 24.6. The van der Waals surface area contributed by atoms with Crippen LogP contribution in [-0.2, 0) is 12.6 Å². The van der Waals surface area contributed by atoms with Crippen molar-refractivity contribution in [1.29, 1.82) is 0 Å². The lowest BCUT2D eigenvalue weighted by Crippen LogP contribution is -2.57. The van der Waals surface area contributed by atoms with Gasteiger partial charge in [-0.15, -0.1) is 0 Å². The third-order valence-electron chi connectivity index (χ3n) is 8.77. The van der Waals surface area contributed by atoms with Crippen molar-refractivity contribution in [1.82, 2.24) is 24.9 Å². The predicted octanol–water partition coefficient (Wildman–Crippen LogP) is 3.63. The van der Waals surface area contributed by atoms with E-state index in [1.54, 1.807) is 38.4 Å². The van der Waals surface area contributed by atoms with E-state index < -0.39 is 23.7 Å². The van der Waals surface area contributed by atoms with Gasteiger partial charge in [-0.25, -0.2) is 4.68 Å². The summed E-state index contributed by atoms with van der Waals surface area (Å²) in [7, 11) is 4.67. The summed E-state index contributed by atoms with van der Waals surface area (Å²) in [6.07, 6.45) is -3.00. The Morgan fingerprint density at radius 1 is 1.05 bits per heavy atom. The van der Waals surface area contributed by atoms with Crippen molar-refractivity contribution in [3.05, 3.63) is 70.5 Å². The number of carbonyl (C=O) groups is 3. The minimum absolute atomic E-state index is 0.0168. The molecule has 1 N–H and O–H groups in total. The quantitative estimate of drug-likeness (QED) is 0.458. The Hall–Kier alpha value is -4.39. The van der Waals surface area contributed by atoms with Gasteiger partial charge in [-0.05, 0) is 80.7 Å². The summed E-state index contributed by atoms with van der Waals surface area (Å²) in [5, 5.41) is 7.00. The molecule has 0 radical (unpaired) electrons. The number of anilines is 1. The van der Waals surface area contributed by atoms with Gasteiger partial charge in [0.25, 0.3) is 17.7 Å². The number of benzene rings is 2. The van der Waals surface area contributed by atoms with Crippen molar-refractivity contribution in [2.24, 2.45) is 5.92 Å². The van der Waals surface area contributed by atoms with Crippen molar-refractivity contribution < 1.29 is 32.3 Å². The second-order valence-corrected chi connectivity index (χ2v) is 11.6. The third kappa shape index (κ3) is 5.29. The lowest BCUT2D eigenvalue weighted by atomic mass is 9.84. The normalized spacial score (nSPS) is 21.2. The lowest BCUT2D eigenvalue weighted by molar-refractivity contribution is -0.141. The van der Waals surface area contributed by atoms with Gasteiger partial charge in [-0.3, -0.25) is 14.4 Å². The molecular formula is C31H33F3N6O4. The van der Waals surface area contributed by atoms with E-state index in [4.69, 9.17) is 4.74 Å². The molecule has 232 valence electrons. The first-order valence-corrected chi connectivity index (χ1v) is 14.5. The molecule has 1 atom stereocenters. The van der Waals surface area contributed by atoms with E-state index in [1.165, 1.54) is 35.1 Å². The van der Waals surface area contributed by atoms with E-state index in [1.807, 2.05) is 0 Å². The summed E-state index contributed by atoms with van der Waals surface area (Å²) >= 11 is 0. The minimum Gasteiger partial charge on any atom is -0.497 e. The van der Waals surface area contributed by atoms with Gasteiger partial charge in [0.05, 0.1) is 18.4 Å². The van der Waals surface area contributed by atoms with Crippen LogP contribution in [0.15, 0.2) is 42.5 Å². The number of hydrogen-bond donors (Lipinski definition) is 1. The molecule has 1 unspecified atom stereocenters. The van der Waals surface area contributed by atoms with Gasteiger partial charge in [0, 0.05) is 50.0 Å². The van der Waals surface area contributed by atoms with Crippen molar-refractivity contribution >= 4 is 23.4 Å². The zero-order chi connectivity index (χ0) is 31.3. The Labute approximate surface area is 252 Å². The van der Waals surface area contributed by atoms with Crippen LogP contribution in [0.3, 0.4) is 0 Å². The summed E-state index contributed by atoms with van der Waals surface area (Å²) in [5.74, 6) is -0.732. The fourth-order valence-corrected chi connectivity index (χ4v) is 6.43. The molecule has 7 rings (SSSR count). The number of amides is 3. The Kier molecular flexibility index (Phi) is 7.60. The van der Waals surface area contributed by atoms with Crippen LogP contribution in [0.2, 0.25) is 0 Å². The second-order valence-electron chi connectivity index (χ2n) is 11.6. The number of nitrogens with zero attached hydrogens (tertiary/aromatic N) is 5. The molecule has 10 nitrogen and oxygen atoms in total. The van der Waals surface area contributed by atoms with E-state index in [0.717, 1.165) is 30.6 Å². The highest BCUT2D eigenvalue weighted by Crippen LogP contribution is 2.38. The fraction of sp³-hybridized carbons (Fsp3) is 0.419. The average molecular weight is 611 g/mol. The van der Waals surface area contributed by atoms with Crippen LogP contribution in [0.25, 0.3) is 5.69 Å². The number of ether oxygens (including phenoxy) is 1. The first kappa shape index (κ1) is 29.7. The largest absolute Gasteiger partial charge is 0.497 e. The van der Waals surface area contributed by atoms with Crippen LogP contribution in [-0.4, -0.2) is 90.7 Å². The van der Waals surface area contributed by atoms with Gasteiger partial charge in [0.1, 0.15) is 11.4 Å². The Bertz CT molecular complexity index is 1610. The Balaban J connectivity index is 1.40. The van der Waals surface area contributed by atoms with Gasteiger partial charge >= 0.3 is 6.18 Å². The van der Waals surface area contributed by atoms with Gasteiger partial charge in [-0.1, -0.05) is 0 Å². The van der Waals surface area contributed by atoms with E-state index in [9.17, 15) is 27.6 Å². The van der Waals surface area contributed by atoms with Crippen molar-refractivity contribution in [2.45, 2.75) is 31.5 Å². The number of hydrogen-bond acceptors (Lipinski definition) is 6. The average Bonchev–Trinajstić information content (AvgIpc) is 3.42. The first-order valence-electron chi connectivity index (χ1n) is 14.5. The number of carbonyl (C=O) groups excluding carboxylic acids is 3. The highest BCUT2D eigenvalue weighted by molar-refractivity contribution is 6.08. The molecule has 1 aromatic heterocycles. The number of alkyl halides is 3. The molecule has 13 heteroatoms. The molecule has 4 aliphatic rings. The van der Waals surface area contributed by atoms with Crippen molar-refractivity contribution in [3.63, 3.8) is 0 Å². The Morgan fingerprint density at radius 2 is 1.75 bits per heavy atom. The molecule has 0 aliphatic carbocycles. The summed E-state index contributed by atoms with van der Waals surface area (Å²) < 4.78 is 49.1. The maximum absolute atomic E-state index is 14.3. The van der Waals surface area contributed by atoms with Gasteiger partial charge in [-0.2, -0.15) is 18.3 Å². The zero-order valence-electron chi connectivity index (χ0n) is 24.6. The molecule has 3 fully saturated rings. The predicted molar refractivity (Wildman–Crippen MR) is 155 cm³/mol. The van der Waals surface area contributed by atoms with E-state index >= 15 is 0 Å². The molecule has 0 saturated carbocycles. The molecule has 44 heavy (non-hydrogen) atoms. The smallest absolute Gasteiger partial charge is 0.435 e. The number of methoxy groups -OCH3 is 1. The molecule has 2 bridgehead atoms. The Morgan fingerprint density at radius 3 is 2.34 bits per heavy atom. The van der Waals surface area contributed by atoms with Gasteiger partial charge < -0.3 is 24.8 Å². The van der Waals surface area contributed by atoms with Crippen LogP contribution in [0.1, 0.15) is 55.3 Å². The first-order chi connectivity index (χ1) is 21.0. The summed E-state index contributed by atoms with van der Waals surface area (Å²) in [6, 6.07) is 10.6.